The summed E-state index contributed by atoms with van der Waals surface area (Å²) < 4.78 is 2.14. The Balaban J connectivity index is 1.38. The molecule has 0 saturated heterocycles. The average molecular weight is 584 g/mol. The van der Waals surface area contributed by atoms with Crippen LogP contribution in [-0.2, 0) is 0 Å². The minimum absolute atomic E-state index is 0.219. The molecule has 0 unspecified atom stereocenters. The highest BCUT2D eigenvalue weighted by atomic mass is 16.4. The Hall–Kier alpha value is -6.34. The maximum atomic E-state index is 11.6. The number of carboxylic acid groups (broad SMARTS) is 1. The first-order chi connectivity index (χ1) is 22.2. The SMILES string of the molecule is O=C(O)c1ccc(-c2nc3c4cccnc4c4ncccc4c3n2-c2ccc(N(c3ccccc3)c3ccccc3)cc2)cc1. The monoisotopic (exact) mass is 583 g/mol. The zero-order chi connectivity index (χ0) is 30.3. The number of hydrogen-bond acceptors (Lipinski definition) is 5. The van der Waals surface area contributed by atoms with Gasteiger partial charge in [0, 0.05) is 51.5 Å². The van der Waals surface area contributed by atoms with Crippen LogP contribution in [0.2, 0.25) is 0 Å². The van der Waals surface area contributed by atoms with E-state index in [1.807, 2.05) is 66.7 Å². The van der Waals surface area contributed by atoms with Crippen LogP contribution in [0.5, 0.6) is 0 Å². The van der Waals surface area contributed by atoms with Gasteiger partial charge in [-0.2, -0.15) is 0 Å². The fourth-order valence-corrected chi connectivity index (χ4v) is 5.99. The molecule has 3 heterocycles. The summed E-state index contributed by atoms with van der Waals surface area (Å²) in [4.78, 5) is 28.5. The summed E-state index contributed by atoms with van der Waals surface area (Å²) in [7, 11) is 0. The van der Waals surface area contributed by atoms with Gasteiger partial charge < -0.3 is 10.0 Å². The second-order valence-corrected chi connectivity index (χ2v) is 10.7. The predicted octanol–water partition coefficient (Wildman–Crippen LogP) is 8.96. The summed E-state index contributed by atoms with van der Waals surface area (Å²) in [5.41, 5.74) is 8.34. The molecule has 7 heteroatoms. The number of nitrogens with zero attached hydrogens (tertiary/aromatic N) is 5. The summed E-state index contributed by atoms with van der Waals surface area (Å²) in [6.45, 7) is 0. The number of carboxylic acids is 1. The molecule has 0 aliphatic carbocycles. The largest absolute Gasteiger partial charge is 0.478 e. The lowest BCUT2D eigenvalue weighted by atomic mass is 10.1. The molecule has 0 aliphatic heterocycles. The lowest BCUT2D eigenvalue weighted by Gasteiger charge is -2.25. The van der Waals surface area contributed by atoms with Crippen molar-refractivity contribution in [1.82, 2.24) is 19.5 Å². The van der Waals surface area contributed by atoms with Gasteiger partial charge in [-0.25, -0.2) is 9.78 Å². The second-order valence-electron chi connectivity index (χ2n) is 10.7. The number of aromatic carboxylic acids is 1. The molecule has 3 aromatic heterocycles. The molecule has 0 radical (unpaired) electrons. The first kappa shape index (κ1) is 26.3. The highest BCUT2D eigenvalue weighted by Gasteiger charge is 2.22. The number of carbonyl (C=O) groups is 1. The first-order valence-electron chi connectivity index (χ1n) is 14.6. The summed E-state index contributed by atoms with van der Waals surface area (Å²) in [5.74, 6) is -0.277. The van der Waals surface area contributed by atoms with E-state index in [0.29, 0.717) is 5.82 Å². The van der Waals surface area contributed by atoms with E-state index < -0.39 is 5.97 Å². The topological polar surface area (TPSA) is 84.1 Å². The summed E-state index contributed by atoms with van der Waals surface area (Å²) in [5, 5.41) is 11.4. The van der Waals surface area contributed by atoms with Gasteiger partial charge in [0.15, 0.2) is 0 Å². The minimum Gasteiger partial charge on any atom is -0.478 e. The predicted molar refractivity (Wildman–Crippen MR) is 179 cm³/mol. The third kappa shape index (κ3) is 4.46. The maximum Gasteiger partial charge on any atom is 0.335 e. The molecule has 0 saturated carbocycles. The number of benzene rings is 5. The molecule has 0 spiro atoms. The van der Waals surface area contributed by atoms with Gasteiger partial charge in [-0.05, 0) is 84.9 Å². The van der Waals surface area contributed by atoms with Gasteiger partial charge in [0.1, 0.15) is 5.82 Å². The molecule has 8 aromatic rings. The van der Waals surface area contributed by atoms with Gasteiger partial charge in [-0.15, -0.1) is 0 Å². The van der Waals surface area contributed by atoms with Crippen molar-refractivity contribution >= 4 is 55.9 Å². The summed E-state index contributed by atoms with van der Waals surface area (Å²) in [6, 6.07) is 43.8. The van der Waals surface area contributed by atoms with Crippen LogP contribution in [0.25, 0.3) is 49.9 Å². The van der Waals surface area contributed by atoms with E-state index in [-0.39, 0.29) is 5.56 Å². The van der Waals surface area contributed by atoms with E-state index in [4.69, 9.17) is 9.97 Å². The highest BCUT2D eigenvalue weighted by Crippen LogP contribution is 2.39. The average Bonchev–Trinajstić information content (AvgIpc) is 3.51. The number of imidazole rings is 1. The standard InChI is InChI=1S/C38H25N5O2/c44-38(45)26-17-15-25(16-18-26)37-41-35-31-13-7-23-39-33(31)34-32(14-8-24-40-34)36(35)43(37)30-21-19-29(20-22-30)42(27-9-3-1-4-10-27)28-11-5-2-6-12-28/h1-24H,(H,44,45). The van der Waals surface area contributed by atoms with Gasteiger partial charge in [0.2, 0.25) is 0 Å². The third-order valence-corrected chi connectivity index (χ3v) is 8.01. The van der Waals surface area contributed by atoms with E-state index >= 15 is 0 Å². The molecule has 0 amide bonds. The van der Waals surface area contributed by atoms with E-state index in [9.17, 15) is 9.90 Å². The van der Waals surface area contributed by atoms with Crippen molar-refractivity contribution in [2.24, 2.45) is 0 Å². The Morgan fingerprint density at radius 2 is 1.13 bits per heavy atom. The number of anilines is 3. The maximum absolute atomic E-state index is 11.6. The van der Waals surface area contributed by atoms with Crippen LogP contribution in [0.3, 0.4) is 0 Å². The van der Waals surface area contributed by atoms with Crippen molar-refractivity contribution in [3.63, 3.8) is 0 Å². The molecule has 0 fully saturated rings. The minimum atomic E-state index is -0.971. The van der Waals surface area contributed by atoms with Crippen molar-refractivity contribution < 1.29 is 9.90 Å². The van der Waals surface area contributed by atoms with Crippen LogP contribution >= 0.6 is 0 Å². The molecule has 0 atom stereocenters. The zero-order valence-corrected chi connectivity index (χ0v) is 23.9. The normalized spacial score (nSPS) is 11.3. The quantitative estimate of drug-likeness (QED) is 0.197. The number of rotatable bonds is 6. The smallest absolute Gasteiger partial charge is 0.335 e. The highest BCUT2D eigenvalue weighted by molar-refractivity contribution is 6.21. The van der Waals surface area contributed by atoms with Crippen LogP contribution in [0.1, 0.15) is 10.4 Å². The van der Waals surface area contributed by atoms with Crippen LogP contribution in [0, 0.1) is 0 Å². The van der Waals surface area contributed by atoms with Crippen LogP contribution in [0.4, 0.5) is 17.1 Å². The van der Waals surface area contributed by atoms with Crippen molar-refractivity contribution in [3.05, 3.63) is 151 Å². The van der Waals surface area contributed by atoms with Gasteiger partial charge in [-0.1, -0.05) is 48.5 Å². The second kappa shape index (κ2) is 10.7. The zero-order valence-electron chi connectivity index (χ0n) is 23.9. The Morgan fingerprint density at radius 3 is 1.73 bits per heavy atom. The Morgan fingerprint density at radius 1 is 0.578 bits per heavy atom. The molecular formula is C38H25N5O2. The van der Waals surface area contributed by atoms with Gasteiger partial charge >= 0.3 is 5.97 Å². The third-order valence-electron chi connectivity index (χ3n) is 8.01. The van der Waals surface area contributed by atoms with Crippen LogP contribution in [0.15, 0.2) is 146 Å². The molecule has 214 valence electrons. The van der Waals surface area contributed by atoms with Crippen molar-refractivity contribution in [2.45, 2.75) is 0 Å². The van der Waals surface area contributed by atoms with Crippen LogP contribution in [-0.4, -0.2) is 30.6 Å². The molecule has 1 N–H and O–H groups in total. The number of pyridine rings is 2. The summed E-state index contributed by atoms with van der Waals surface area (Å²) >= 11 is 0. The van der Waals surface area contributed by atoms with Crippen molar-refractivity contribution in [1.29, 1.82) is 0 Å². The molecule has 7 nitrogen and oxygen atoms in total. The number of hydrogen-bond donors (Lipinski definition) is 1. The molecule has 45 heavy (non-hydrogen) atoms. The molecule has 0 bridgehead atoms. The number of para-hydroxylation sites is 2. The Bertz CT molecular complexity index is 2290. The Labute approximate surface area is 258 Å². The van der Waals surface area contributed by atoms with Gasteiger partial charge in [0.25, 0.3) is 0 Å². The van der Waals surface area contributed by atoms with E-state index in [0.717, 1.165) is 61.2 Å². The fourth-order valence-electron chi connectivity index (χ4n) is 5.99. The molecule has 0 aliphatic rings. The van der Waals surface area contributed by atoms with Gasteiger partial charge in [-0.3, -0.25) is 14.5 Å². The lowest BCUT2D eigenvalue weighted by Crippen LogP contribution is -2.09. The first-order valence-corrected chi connectivity index (χ1v) is 14.6. The lowest BCUT2D eigenvalue weighted by molar-refractivity contribution is 0.0697. The molecular weight excluding hydrogens is 558 g/mol. The molecule has 5 aromatic carbocycles. The Kier molecular flexibility index (Phi) is 6.27. The van der Waals surface area contributed by atoms with E-state index in [1.54, 1.807) is 24.5 Å². The molecule has 8 rings (SSSR count). The summed E-state index contributed by atoms with van der Waals surface area (Å²) in [6.07, 6.45) is 3.56. The number of aromatic nitrogens is 4. The number of fused-ring (bicyclic) bond motifs is 6. The van der Waals surface area contributed by atoms with Crippen molar-refractivity contribution in [3.8, 4) is 17.1 Å². The van der Waals surface area contributed by atoms with Crippen molar-refractivity contribution in [2.75, 3.05) is 4.90 Å². The van der Waals surface area contributed by atoms with E-state index in [2.05, 4.69) is 69.0 Å². The van der Waals surface area contributed by atoms with E-state index in [1.165, 1.54) is 0 Å². The fraction of sp³-hybridized carbons (Fsp3) is 0. The van der Waals surface area contributed by atoms with Crippen LogP contribution < -0.4 is 4.90 Å². The van der Waals surface area contributed by atoms with Gasteiger partial charge in [0.05, 0.1) is 27.6 Å².